The van der Waals surface area contributed by atoms with Crippen LogP contribution < -0.4 is 5.73 Å². The summed E-state index contributed by atoms with van der Waals surface area (Å²) >= 11 is 0. The Labute approximate surface area is 193 Å². The molecule has 5 nitrogen and oxygen atoms in total. The van der Waals surface area contributed by atoms with E-state index in [4.69, 9.17) is 5.73 Å². The molecule has 3 heterocycles. The van der Waals surface area contributed by atoms with Gasteiger partial charge in [0.25, 0.3) is 0 Å². The van der Waals surface area contributed by atoms with Gasteiger partial charge in [-0.25, -0.2) is 4.98 Å². The standard InChI is InChI=1S/C25H32F3N5/c1-5-14(2)33-21(16-8-20(25(26,27)28)24(29)30-12-16)11-22(33)23-18-9-17(10-19(18)23)32-7-6-31(4)13-15(32)3/h8-9,11-12,14-15,17,19,23,29H,5-7,10,13H2,1-4H3/p+1. The molecule has 0 radical (unpaired) electrons. The van der Waals surface area contributed by atoms with E-state index in [0.29, 0.717) is 29.5 Å². The summed E-state index contributed by atoms with van der Waals surface area (Å²) in [4.78, 5) is 8.87. The number of allylic oxidation sites excluding steroid dienone is 2. The van der Waals surface area contributed by atoms with Crippen LogP contribution in [0.3, 0.4) is 0 Å². The molecular formula is C25H33F3N5+. The Kier molecular flexibility index (Phi) is 5.44. The van der Waals surface area contributed by atoms with E-state index in [1.807, 2.05) is 0 Å². The summed E-state index contributed by atoms with van der Waals surface area (Å²) < 4.78 is 42.3. The maximum absolute atomic E-state index is 13.4. The number of likely N-dealkylation sites (N-methyl/N-ethyl adjacent to an activating group) is 1. The molecule has 1 aromatic rings. The van der Waals surface area contributed by atoms with Crippen LogP contribution in [0.5, 0.6) is 0 Å². The molecule has 5 rings (SSSR count). The van der Waals surface area contributed by atoms with Crippen LogP contribution in [-0.2, 0) is 6.18 Å². The Morgan fingerprint density at radius 2 is 2.06 bits per heavy atom. The monoisotopic (exact) mass is 460 g/mol. The number of aromatic nitrogens is 1. The summed E-state index contributed by atoms with van der Waals surface area (Å²) in [5.41, 5.74) is 8.69. The summed E-state index contributed by atoms with van der Waals surface area (Å²) in [6.07, 6.45) is 3.54. The molecule has 8 heteroatoms. The summed E-state index contributed by atoms with van der Waals surface area (Å²) in [6.45, 7) is 9.87. The van der Waals surface area contributed by atoms with Gasteiger partial charge in [0.2, 0.25) is 5.70 Å². The molecule has 4 aliphatic rings. The number of nitrogen functional groups attached to an aromatic ring is 1. The first-order chi connectivity index (χ1) is 15.6. The van der Waals surface area contributed by atoms with E-state index in [1.54, 1.807) is 0 Å². The van der Waals surface area contributed by atoms with Gasteiger partial charge >= 0.3 is 6.18 Å². The van der Waals surface area contributed by atoms with E-state index in [0.717, 1.165) is 44.2 Å². The fourth-order valence-electron chi connectivity index (χ4n) is 5.97. The molecule has 1 saturated carbocycles. The van der Waals surface area contributed by atoms with E-state index in [1.165, 1.54) is 17.5 Å². The topological polar surface area (TPSA) is 48.4 Å². The van der Waals surface area contributed by atoms with Crippen LogP contribution >= 0.6 is 0 Å². The Morgan fingerprint density at radius 1 is 1.30 bits per heavy atom. The molecule has 2 aliphatic heterocycles. The Morgan fingerprint density at radius 3 is 2.67 bits per heavy atom. The van der Waals surface area contributed by atoms with Crippen molar-refractivity contribution in [2.24, 2.45) is 11.8 Å². The van der Waals surface area contributed by atoms with Crippen molar-refractivity contribution < 1.29 is 17.7 Å². The molecule has 1 aromatic heterocycles. The lowest BCUT2D eigenvalue weighted by Crippen LogP contribution is -2.53. The predicted octanol–water partition coefficient (Wildman–Crippen LogP) is 3.87. The first kappa shape index (κ1) is 22.6. The van der Waals surface area contributed by atoms with Crippen LogP contribution in [0, 0.1) is 11.8 Å². The number of hydrogen-bond acceptors (Lipinski definition) is 4. The highest BCUT2D eigenvalue weighted by molar-refractivity contribution is 6.08. The summed E-state index contributed by atoms with van der Waals surface area (Å²) in [7, 11) is 2.18. The maximum atomic E-state index is 13.4. The van der Waals surface area contributed by atoms with Crippen molar-refractivity contribution >= 4 is 17.2 Å². The zero-order valence-corrected chi connectivity index (χ0v) is 19.7. The smallest absolute Gasteiger partial charge is 0.383 e. The molecule has 0 spiro atoms. The molecule has 1 saturated heterocycles. The number of nitrogens with two attached hydrogens (primary N) is 1. The molecule has 0 bridgehead atoms. The molecule has 5 unspecified atom stereocenters. The number of alkyl halides is 3. The number of hydrogen-bond donors (Lipinski definition) is 1. The number of rotatable bonds is 5. The minimum absolute atomic E-state index is 0.210. The summed E-state index contributed by atoms with van der Waals surface area (Å²) in [5.74, 6) is 0.499. The second kappa shape index (κ2) is 7.94. The van der Waals surface area contributed by atoms with Crippen molar-refractivity contribution in [2.45, 2.75) is 57.9 Å². The highest BCUT2D eigenvalue weighted by Crippen LogP contribution is 2.57. The number of halogens is 3. The molecule has 0 aromatic carbocycles. The van der Waals surface area contributed by atoms with Crippen molar-refractivity contribution in [3.05, 3.63) is 41.1 Å². The molecule has 178 valence electrons. The van der Waals surface area contributed by atoms with E-state index < -0.39 is 17.6 Å². The minimum atomic E-state index is -4.51. The van der Waals surface area contributed by atoms with Crippen molar-refractivity contribution in [3.8, 4) is 0 Å². The lowest BCUT2D eigenvalue weighted by Gasteiger charge is -2.41. The lowest BCUT2D eigenvalue weighted by molar-refractivity contribution is -0.482. The molecule has 33 heavy (non-hydrogen) atoms. The zero-order chi connectivity index (χ0) is 23.7. The van der Waals surface area contributed by atoms with Crippen molar-refractivity contribution in [1.29, 1.82) is 0 Å². The first-order valence-corrected chi connectivity index (χ1v) is 12.0. The van der Waals surface area contributed by atoms with Gasteiger partial charge in [0.15, 0.2) is 11.8 Å². The van der Waals surface area contributed by atoms with Crippen LogP contribution in [-0.4, -0.2) is 69.9 Å². The van der Waals surface area contributed by atoms with Crippen LogP contribution in [0.15, 0.2) is 30.0 Å². The average Bonchev–Trinajstić information content (AvgIpc) is 3.18. The van der Waals surface area contributed by atoms with Gasteiger partial charge in [0.1, 0.15) is 5.82 Å². The highest BCUT2D eigenvalue weighted by Gasteiger charge is 2.58. The van der Waals surface area contributed by atoms with Gasteiger partial charge in [-0.2, -0.15) is 17.7 Å². The molecule has 2 fully saturated rings. The number of anilines is 1. The van der Waals surface area contributed by atoms with Gasteiger partial charge in [-0.05, 0) is 39.3 Å². The Bertz CT molecular complexity index is 1060. The third-order valence-corrected chi connectivity index (χ3v) is 7.96. The predicted molar refractivity (Wildman–Crippen MR) is 124 cm³/mol. The fraction of sp³-hybridized carbons (Fsp3) is 0.600. The van der Waals surface area contributed by atoms with E-state index in [-0.39, 0.29) is 6.04 Å². The molecule has 2 aliphatic carbocycles. The van der Waals surface area contributed by atoms with Crippen molar-refractivity contribution in [1.82, 2.24) is 14.8 Å². The second-order valence-corrected chi connectivity index (χ2v) is 10.1. The van der Waals surface area contributed by atoms with Gasteiger partial charge in [-0.1, -0.05) is 18.6 Å². The Balaban J connectivity index is 1.37. The van der Waals surface area contributed by atoms with E-state index in [2.05, 4.69) is 59.3 Å². The van der Waals surface area contributed by atoms with Gasteiger partial charge in [-0.15, -0.1) is 0 Å². The van der Waals surface area contributed by atoms with Gasteiger partial charge in [-0.3, -0.25) is 4.90 Å². The maximum Gasteiger partial charge on any atom is 0.419 e. The van der Waals surface area contributed by atoms with E-state index >= 15 is 0 Å². The Hall–Kier alpha value is -2.19. The average molecular weight is 461 g/mol. The number of piperazine rings is 1. The number of nitrogens with zero attached hydrogens (tertiary/aromatic N) is 4. The van der Waals surface area contributed by atoms with Crippen LogP contribution in [0.4, 0.5) is 19.0 Å². The lowest BCUT2D eigenvalue weighted by atomic mass is 9.95. The number of pyridine rings is 1. The van der Waals surface area contributed by atoms with E-state index in [9.17, 15) is 13.2 Å². The first-order valence-electron chi connectivity index (χ1n) is 12.0. The molecule has 2 N–H and O–H groups in total. The van der Waals surface area contributed by atoms with Crippen molar-refractivity contribution in [3.63, 3.8) is 0 Å². The largest absolute Gasteiger partial charge is 0.419 e. The van der Waals surface area contributed by atoms with Crippen LogP contribution in [0.25, 0.3) is 5.70 Å². The quantitative estimate of drug-likeness (QED) is 0.535. The minimum Gasteiger partial charge on any atom is -0.383 e. The normalized spacial score (nSPS) is 31.1. The number of fused-ring (bicyclic) bond motifs is 1. The third kappa shape index (κ3) is 3.81. The highest BCUT2D eigenvalue weighted by atomic mass is 19.4. The van der Waals surface area contributed by atoms with Crippen molar-refractivity contribution in [2.75, 3.05) is 32.4 Å². The van der Waals surface area contributed by atoms with Gasteiger partial charge in [0, 0.05) is 44.3 Å². The second-order valence-electron chi connectivity index (χ2n) is 10.1. The van der Waals surface area contributed by atoms with Gasteiger partial charge in [0.05, 0.1) is 23.1 Å². The third-order valence-electron chi connectivity index (χ3n) is 7.96. The summed E-state index contributed by atoms with van der Waals surface area (Å²) in [6, 6.07) is 2.42. The summed E-state index contributed by atoms with van der Waals surface area (Å²) in [5, 5.41) is 0. The molecule has 5 atom stereocenters. The zero-order valence-electron chi connectivity index (χ0n) is 19.7. The van der Waals surface area contributed by atoms with Crippen LogP contribution in [0.1, 0.15) is 44.7 Å². The molecule has 0 amide bonds. The SMILES string of the molecule is CCC(C)[N+]1=C(C2C3=CC(N4CCN(C)CC4C)CC32)C=C1c1cnc(N)c(C(F)(F)F)c1. The van der Waals surface area contributed by atoms with Crippen LogP contribution in [0.2, 0.25) is 0 Å². The molecular weight excluding hydrogens is 427 g/mol. The van der Waals surface area contributed by atoms with Gasteiger partial charge < -0.3 is 10.6 Å². The fourth-order valence-corrected chi connectivity index (χ4v) is 5.97.